The van der Waals surface area contributed by atoms with E-state index in [1.54, 1.807) is 0 Å². The van der Waals surface area contributed by atoms with E-state index in [0.29, 0.717) is 24.3 Å². The molecule has 0 unspecified atom stereocenters. The normalized spacial score (nSPS) is 11.7. The van der Waals surface area contributed by atoms with Gasteiger partial charge in [0.15, 0.2) is 6.61 Å². The first-order valence-electron chi connectivity index (χ1n) is 7.79. The Balaban J connectivity index is 2.08. The predicted molar refractivity (Wildman–Crippen MR) is 88.5 cm³/mol. The van der Waals surface area contributed by atoms with Gasteiger partial charge in [-0.3, -0.25) is 14.9 Å². The Labute approximate surface area is 163 Å². The number of benzene rings is 2. The first kappa shape index (κ1) is 22.6. The van der Waals surface area contributed by atoms with Crippen molar-refractivity contribution in [2.24, 2.45) is 0 Å². The van der Waals surface area contributed by atoms with Crippen molar-refractivity contribution in [1.82, 2.24) is 0 Å². The van der Waals surface area contributed by atoms with Crippen molar-refractivity contribution < 1.29 is 45.6 Å². The molecule has 13 heteroatoms. The number of nitrogens with one attached hydrogen (secondary N) is 1. The van der Waals surface area contributed by atoms with Crippen LogP contribution in [-0.2, 0) is 21.9 Å². The predicted octanol–water partition coefficient (Wildman–Crippen LogP) is 4.43. The molecule has 0 saturated heterocycles. The number of halogens is 6. The molecular weight excluding hydrogens is 426 g/mol. The highest BCUT2D eigenvalue weighted by atomic mass is 19.4. The zero-order valence-electron chi connectivity index (χ0n) is 14.5. The van der Waals surface area contributed by atoms with Gasteiger partial charge in [-0.25, -0.2) is 4.79 Å². The van der Waals surface area contributed by atoms with Crippen LogP contribution in [0.1, 0.15) is 21.5 Å². The van der Waals surface area contributed by atoms with Crippen LogP contribution in [-0.4, -0.2) is 23.4 Å². The molecular formula is C17H10F6N2O5. The molecule has 2 aromatic rings. The smallest absolute Gasteiger partial charge is 0.416 e. The quantitative estimate of drug-likeness (QED) is 0.324. The highest BCUT2D eigenvalue weighted by Gasteiger charge is 2.33. The topological polar surface area (TPSA) is 98.5 Å². The third-order valence-electron chi connectivity index (χ3n) is 3.56. The molecule has 0 saturated carbocycles. The lowest BCUT2D eigenvalue weighted by molar-refractivity contribution is -0.384. The van der Waals surface area contributed by atoms with Crippen LogP contribution in [0.2, 0.25) is 0 Å². The number of amides is 1. The number of anilines is 1. The Kier molecular flexibility index (Phi) is 6.33. The number of hydrogen-bond acceptors (Lipinski definition) is 5. The number of nitrogens with zero attached hydrogens (tertiary/aromatic N) is 1. The zero-order valence-corrected chi connectivity index (χ0v) is 14.5. The van der Waals surface area contributed by atoms with Gasteiger partial charge in [0.25, 0.3) is 11.6 Å². The summed E-state index contributed by atoms with van der Waals surface area (Å²) in [5.74, 6) is -2.43. The van der Waals surface area contributed by atoms with Gasteiger partial charge in [0.05, 0.1) is 21.6 Å². The van der Waals surface area contributed by atoms with Gasteiger partial charge in [-0.1, -0.05) is 6.07 Å². The number of rotatable bonds is 5. The third-order valence-corrected chi connectivity index (χ3v) is 3.56. The molecule has 30 heavy (non-hydrogen) atoms. The average Bonchev–Trinajstić information content (AvgIpc) is 2.64. The standard InChI is InChI=1S/C17H10F6N2O5/c18-16(19,20)10-3-1-2-9(6-10)15(27)30-8-14(26)24-12-5-4-11(17(21,22)23)7-13(12)25(28)29/h1-7H,8H2,(H,24,26). The first-order valence-corrected chi connectivity index (χ1v) is 7.79. The summed E-state index contributed by atoms with van der Waals surface area (Å²) in [6.07, 6.45) is -9.57. The van der Waals surface area contributed by atoms with Crippen LogP contribution < -0.4 is 5.32 Å². The maximum Gasteiger partial charge on any atom is 0.416 e. The highest BCUT2D eigenvalue weighted by Crippen LogP contribution is 2.35. The van der Waals surface area contributed by atoms with Gasteiger partial charge >= 0.3 is 18.3 Å². The summed E-state index contributed by atoms with van der Waals surface area (Å²) in [6.45, 7) is -1.05. The number of ether oxygens (including phenoxy) is 1. The van der Waals surface area contributed by atoms with Gasteiger partial charge in [0.2, 0.25) is 0 Å². The summed E-state index contributed by atoms with van der Waals surface area (Å²) in [5.41, 5.74) is -4.58. The van der Waals surface area contributed by atoms with Crippen molar-refractivity contribution in [3.8, 4) is 0 Å². The number of alkyl halides is 6. The zero-order chi connectivity index (χ0) is 22.7. The van der Waals surface area contributed by atoms with Gasteiger partial charge in [-0.2, -0.15) is 26.3 Å². The summed E-state index contributed by atoms with van der Waals surface area (Å²) in [5, 5.41) is 12.9. The van der Waals surface area contributed by atoms with Crippen molar-refractivity contribution in [1.29, 1.82) is 0 Å². The monoisotopic (exact) mass is 436 g/mol. The number of nitro groups is 1. The van der Waals surface area contributed by atoms with E-state index in [4.69, 9.17) is 0 Å². The second-order valence-electron chi connectivity index (χ2n) is 5.69. The summed E-state index contributed by atoms with van der Waals surface area (Å²) in [4.78, 5) is 33.4. The molecule has 1 amide bonds. The molecule has 7 nitrogen and oxygen atoms in total. The van der Waals surface area contributed by atoms with E-state index >= 15 is 0 Å². The largest absolute Gasteiger partial charge is 0.452 e. The van der Waals surface area contributed by atoms with Crippen LogP contribution in [0.3, 0.4) is 0 Å². The summed E-state index contributed by atoms with van der Waals surface area (Å²) in [7, 11) is 0. The van der Waals surface area contributed by atoms with E-state index in [9.17, 15) is 46.0 Å². The Morgan fingerprint density at radius 2 is 1.57 bits per heavy atom. The number of carbonyl (C=O) groups excluding carboxylic acids is 2. The fourth-order valence-corrected chi connectivity index (χ4v) is 2.19. The third kappa shape index (κ3) is 5.68. The molecule has 0 radical (unpaired) electrons. The molecule has 0 aliphatic rings. The van der Waals surface area contributed by atoms with Crippen molar-refractivity contribution in [2.45, 2.75) is 12.4 Å². The van der Waals surface area contributed by atoms with E-state index in [-0.39, 0.29) is 6.07 Å². The van der Waals surface area contributed by atoms with Crippen LogP contribution in [0.5, 0.6) is 0 Å². The molecule has 160 valence electrons. The van der Waals surface area contributed by atoms with Crippen molar-refractivity contribution in [3.63, 3.8) is 0 Å². The van der Waals surface area contributed by atoms with Gasteiger partial charge < -0.3 is 10.1 Å². The Morgan fingerprint density at radius 3 is 2.13 bits per heavy atom. The SMILES string of the molecule is O=C(COC(=O)c1cccc(C(F)(F)F)c1)Nc1ccc(C(F)(F)F)cc1[N+](=O)[O-]. The summed E-state index contributed by atoms with van der Waals surface area (Å²) >= 11 is 0. The van der Waals surface area contributed by atoms with Gasteiger partial charge in [0, 0.05) is 6.07 Å². The molecule has 0 bridgehead atoms. The molecule has 0 aliphatic carbocycles. The number of hydrogen-bond donors (Lipinski definition) is 1. The Hall–Kier alpha value is -3.64. The fraction of sp³-hybridized carbons (Fsp3) is 0.176. The molecule has 1 N–H and O–H groups in total. The van der Waals surface area contributed by atoms with Gasteiger partial charge in [0.1, 0.15) is 5.69 Å². The van der Waals surface area contributed by atoms with E-state index in [2.05, 4.69) is 4.74 Å². The van der Waals surface area contributed by atoms with Crippen molar-refractivity contribution in [2.75, 3.05) is 11.9 Å². The van der Waals surface area contributed by atoms with Crippen LogP contribution >= 0.6 is 0 Å². The van der Waals surface area contributed by atoms with Crippen LogP contribution in [0.4, 0.5) is 37.7 Å². The second-order valence-corrected chi connectivity index (χ2v) is 5.69. The molecule has 0 spiro atoms. The molecule has 0 fully saturated rings. The minimum absolute atomic E-state index is 0.213. The highest BCUT2D eigenvalue weighted by molar-refractivity contribution is 5.96. The van der Waals surface area contributed by atoms with Crippen molar-refractivity contribution >= 4 is 23.3 Å². The van der Waals surface area contributed by atoms with E-state index in [1.807, 2.05) is 5.32 Å². The van der Waals surface area contributed by atoms with E-state index in [0.717, 1.165) is 12.1 Å². The molecule has 0 aromatic heterocycles. The average molecular weight is 436 g/mol. The van der Waals surface area contributed by atoms with Crippen LogP contribution in [0.25, 0.3) is 0 Å². The van der Waals surface area contributed by atoms with Crippen LogP contribution in [0, 0.1) is 10.1 Å². The Morgan fingerprint density at radius 1 is 0.967 bits per heavy atom. The fourth-order valence-electron chi connectivity index (χ4n) is 2.19. The molecule has 2 rings (SSSR count). The van der Waals surface area contributed by atoms with Gasteiger partial charge in [-0.05, 0) is 30.3 Å². The second kappa shape index (κ2) is 8.39. The number of nitro benzene ring substituents is 1. The Bertz CT molecular complexity index is 987. The van der Waals surface area contributed by atoms with Gasteiger partial charge in [-0.15, -0.1) is 0 Å². The first-order chi connectivity index (χ1) is 13.8. The van der Waals surface area contributed by atoms with Crippen LogP contribution in [0.15, 0.2) is 42.5 Å². The maximum absolute atomic E-state index is 12.7. The molecule has 0 aliphatic heterocycles. The molecule has 0 heterocycles. The summed E-state index contributed by atoms with van der Waals surface area (Å²) < 4.78 is 80.5. The lowest BCUT2D eigenvalue weighted by Gasteiger charge is -2.11. The molecule has 2 aromatic carbocycles. The van der Waals surface area contributed by atoms with Crippen molar-refractivity contribution in [3.05, 3.63) is 69.3 Å². The number of carbonyl (C=O) groups is 2. The lowest BCUT2D eigenvalue weighted by Crippen LogP contribution is -2.22. The van der Waals surface area contributed by atoms with E-state index in [1.165, 1.54) is 0 Å². The molecule has 0 atom stereocenters. The number of esters is 1. The minimum atomic E-state index is -4.85. The minimum Gasteiger partial charge on any atom is -0.452 e. The lowest BCUT2D eigenvalue weighted by atomic mass is 10.1. The summed E-state index contributed by atoms with van der Waals surface area (Å²) in [6, 6.07) is 4.53. The van der Waals surface area contributed by atoms with E-state index < -0.39 is 63.8 Å². The maximum atomic E-state index is 12.7.